The van der Waals surface area contributed by atoms with E-state index in [2.05, 4.69) is 26.2 Å². The van der Waals surface area contributed by atoms with Crippen molar-refractivity contribution in [2.45, 2.75) is 13.5 Å². The van der Waals surface area contributed by atoms with Crippen LogP contribution in [0.3, 0.4) is 0 Å². The average molecular weight is 578 g/mol. The monoisotopic (exact) mass is 576 g/mol. The fourth-order valence-electron chi connectivity index (χ4n) is 3.12. The van der Waals surface area contributed by atoms with E-state index in [4.69, 9.17) is 32.7 Å². The lowest BCUT2D eigenvalue weighted by molar-refractivity contribution is -0.115. The maximum atomic E-state index is 12.5. The van der Waals surface area contributed by atoms with Crippen LogP contribution in [-0.2, 0) is 11.4 Å². The van der Waals surface area contributed by atoms with Gasteiger partial charge in [-0.2, -0.15) is 0 Å². The normalized spacial score (nSPS) is 15.6. The molecule has 1 aliphatic heterocycles. The topological polar surface area (TPSA) is 59.9 Å². The molecular weight excluding hydrogens is 559 g/mol. The molecule has 1 amide bonds. The lowest BCUT2D eigenvalue weighted by Gasteiger charge is -2.14. The first-order valence-corrected chi connectivity index (χ1v) is 12.5. The van der Waals surface area contributed by atoms with E-state index in [0.29, 0.717) is 36.1 Å². The molecule has 0 unspecified atom stereocenters. The molecule has 1 aliphatic rings. The molecule has 1 fully saturated rings. The molecule has 1 saturated heterocycles. The van der Waals surface area contributed by atoms with Gasteiger partial charge in [-0.3, -0.25) is 4.79 Å². The Kier molecular flexibility index (Phi) is 7.88. The molecule has 0 radical (unpaired) electrons. The van der Waals surface area contributed by atoms with E-state index in [1.165, 1.54) is 11.8 Å². The van der Waals surface area contributed by atoms with E-state index in [1.807, 2.05) is 43.3 Å². The van der Waals surface area contributed by atoms with E-state index in [9.17, 15) is 4.79 Å². The van der Waals surface area contributed by atoms with Gasteiger partial charge in [0.2, 0.25) is 0 Å². The van der Waals surface area contributed by atoms with Crippen LogP contribution in [0.2, 0.25) is 10.0 Å². The van der Waals surface area contributed by atoms with E-state index in [1.54, 1.807) is 31.4 Å². The maximum Gasteiger partial charge on any atom is 0.264 e. The van der Waals surface area contributed by atoms with Crippen molar-refractivity contribution in [3.05, 3.63) is 90.7 Å². The summed E-state index contributed by atoms with van der Waals surface area (Å²) in [5, 5.41) is 4.42. The van der Waals surface area contributed by atoms with Crippen LogP contribution in [0.5, 0.6) is 11.5 Å². The maximum absolute atomic E-state index is 12.5. The highest BCUT2D eigenvalue weighted by atomic mass is 79.9. The molecule has 34 heavy (non-hydrogen) atoms. The number of rotatable bonds is 6. The van der Waals surface area contributed by atoms with Gasteiger partial charge in [0.1, 0.15) is 6.61 Å². The number of nitrogens with one attached hydrogen (secondary N) is 1. The van der Waals surface area contributed by atoms with Crippen molar-refractivity contribution in [3.8, 4) is 11.5 Å². The average Bonchev–Trinajstić information content (AvgIpc) is 3.13. The number of hydrogen-bond donors (Lipinski definition) is 1. The fourth-order valence-corrected chi connectivity index (χ4v) is 5.00. The number of thioether (sulfide) groups is 1. The summed E-state index contributed by atoms with van der Waals surface area (Å²) >= 11 is 17.0. The summed E-state index contributed by atoms with van der Waals surface area (Å²) in [5.41, 5.74) is 3.50. The third-order valence-corrected chi connectivity index (χ3v) is 6.94. The van der Waals surface area contributed by atoms with Crippen molar-refractivity contribution in [3.63, 3.8) is 0 Å². The standard InChI is InChI=1S/C25H19BrCl2N2O3S/c1-14-3-7-18(8-4-14)29-25-30-24(31)22(34-25)11-15-9-19(26)23(21(10-15)32-2)33-13-16-5-6-17(27)12-20(16)28/h3-12H,13H2,1-2H3,(H,29,30,31)/b22-11+. The molecular formula is C25H19BrCl2N2O3S. The molecule has 3 aromatic rings. The second-order valence-corrected chi connectivity index (χ2v) is 10.1. The van der Waals surface area contributed by atoms with Crippen molar-refractivity contribution < 1.29 is 14.3 Å². The second-order valence-electron chi connectivity index (χ2n) is 7.38. The first-order valence-electron chi connectivity index (χ1n) is 10.1. The van der Waals surface area contributed by atoms with Crippen LogP contribution in [0.25, 0.3) is 6.08 Å². The number of amides is 1. The number of carbonyl (C=O) groups is 1. The minimum atomic E-state index is -0.205. The molecule has 3 aromatic carbocycles. The lowest BCUT2D eigenvalue weighted by atomic mass is 10.2. The van der Waals surface area contributed by atoms with Gasteiger partial charge >= 0.3 is 0 Å². The number of nitrogens with zero attached hydrogens (tertiary/aromatic N) is 1. The first-order chi connectivity index (χ1) is 16.3. The van der Waals surface area contributed by atoms with Gasteiger partial charge in [0, 0.05) is 15.6 Å². The second kappa shape index (κ2) is 10.9. The lowest BCUT2D eigenvalue weighted by Crippen LogP contribution is -2.19. The van der Waals surface area contributed by atoms with Gasteiger partial charge in [-0.25, -0.2) is 4.99 Å². The highest BCUT2D eigenvalue weighted by Crippen LogP contribution is 2.39. The molecule has 0 atom stereocenters. The third kappa shape index (κ3) is 5.96. The van der Waals surface area contributed by atoms with Crippen molar-refractivity contribution >= 4 is 73.7 Å². The Morgan fingerprint density at radius 1 is 1.12 bits per heavy atom. The molecule has 174 valence electrons. The summed E-state index contributed by atoms with van der Waals surface area (Å²) in [5.74, 6) is 0.840. The first kappa shape index (κ1) is 24.7. The van der Waals surface area contributed by atoms with Crippen molar-refractivity contribution in [2.75, 3.05) is 7.11 Å². The Labute approximate surface area is 220 Å². The molecule has 1 heterocycles. The number of amidine groups is 1. The largest absolute Gasteiger partial charge is 0.493 e. The Balaban J connectivity index is 1.53. The molecule has 5 nitrogen and oxygen atoms in total. The number of carbonyl (C=O) groups excluding carboxylic acids is 1. The molecule has 0 bridgehead atoms. The predicted molar refractivity (Wildman–Crippen MR) is 143 cm³/mol. The van der Waals surface area contributed by atoms with Gasteiger partial charge in [-0.1, -0.05) is 47.0 Å². The number of aryl methyl sites for hydroxylation is 1. The summed E-state index contributed by atoms with van der Waals surface area (Å²) in [7, 11) is 1.56. The highest BCUT2D eigenvalue weighted by Gasteiger charge is 2.24. The van der Waals surface area contributed by atoms with Gasteiger partial charge in [0.05, 0.1) is 22.2 Å². The highest BCUT2D eigenvalue weighted by molar-refractivity contribution is 9.10. The zero-order valence-electron chi connectivity index (χ0n) is 18.2. The summed E-state index contributed by atoms with van der Waals surface area (Å²) in [4.78, 5) is 17.5. The molecule has 0 aromatic heterocycles. The van der Waals surface area contributed by atoms with Crippen LogP contribution >= 0.6 is 50.9 Å². The molecule has 1 N–H and O–H groups in total. The van der Waals surface area contributed by atoms with Gasteiger partial charge < -0.3 is 14.8 Å². The summed E-state index contributed by atoms with van der Waals surface area (Å²) in [6, 6.07) is 16.7. The molecule has 9 heteroatoms. The van der Waals surface area contributed by atoms with Crippen LogP contribution in [0, 0.1) is 6.92 Å². The summed E-state index contributed by atoms with van der Waals surface area (Å²) in [6.45, 7) is 2.25. The quantitative estimate of drug-likeness (QED) is 0.307. The summed E-state index contributed by atoms with van der Waals surface area (Å²) in [6.07, 6.45) is 1.78. The molecule has 0 saturated carbocycles. The summed E-state index contributed by atoms with van der Waals surface area (Å²) < 4.78 is 12.2. The molecule has 0 spiro atoms. The number of aliphatic imine (C=N–C) groups is 1. The van der Waals surface area contributed by atoms with Crippen molar-refractivity contribution in [1.82, 2.24) is 5.32 Å². The smallest absolute Gasteiger partial charge is 0.264 e. The van der Waals surface area contributed by atoms with Crippen LogP contribution in [0.1, 0.15) is 16.7 Å². The molecule has 0 aliphatic carbocycles. The van der Waals surface area contributed by atoms with Crippen LogP contribution in [0.4, 0.5) is 5.69 Å². The van der Waals surface area contributed by atoms with Crippen LogP contribution in [0.15, 0.2) is 69.0 Å². The van der Waals surface area contributed by atoms with E-state index in [0.717, 1.165) is 22.4 Å². The Hall–Kier alpha value is -2.45. The van der Waals surface area contributed by atoms with Crippen LogP contribution < -0.4 is 14.8 Å². The Bertz CT molecular complexity index is 1310. The minimum Gasteiger partial charge on any atom is -0.493 e. The number of ether oxygens (including phenoxy) is 2. The Morgan fingerprint density at radius 3 is 2.59 bits per heavy atom. The van der Waals surface area contributed by atoms with Gasteiger partial charge in [-0.05, 0) is 82.7 Å². The van der Waals surface area contributed by atoms with Gasteiger partial charge in [0.15, 0.2) is 16.7 Å². The van der Waals surface area contributed by atoms with E-state index in [-0.39, 0.29) is 12.5 Å². The third-order valence-electron chi connectivity index (χ3n) is 4.85. The van der Waals surface area contributed by atoms with Gasteiger partial charge in [0.25, 0.3) is 5.91 Å². The fraction of sp³-hybridized carbons (Fsp3) is 0.120. The van der Waals surface area contributed by atoms with E-state index >= 15 is 0 Å². The number of hydrogen-bond acceptors (Lipinski definition) is 5. The minimum absolute atomic E-state index is 0.205. The number of benzene rings is 3. The number of methoxy groups -OCH3 is 1. The predicted octanol–water partition coefficient (Wildman–Crippen LogP) is 7.54. The van der Waals surface area contributed by atoms with Crippen LogP contribution in [-0.4, -0.2) is 18.2 Å². The van der Waals surface area contributed by atoms with Crippen molar-refractivity contribution in [1.29, 1.82) is 0 Å². The van der Waals surface area contributed by atoms with Gasteiger partial charge in [-0.15, -0.1) is 0 Å². The number of halogens is 3. The van der Waals surface area contributed by atoms with E-state index < -0.39 is 0 Å². The Morgan fingerprint density at radius 2 is 1.88 bits per heavy atom. The molecule has 4 rings (SSSR count). The zero-order valence-corrected chi connectivity index (χ0v) is 22.1. The van der Waals surface area contributed by atoms with Crippen molar-refractivity contribution in [2.24, 2.45) is 4.99 Å². The SMILES string of the molecule is COc1cc(/C=C2/SC(=Nc3ccc(C)cc3)NC2=O)cc(Br)c1OCc1ccc(Cl)cc1Cl. The zero-order chi connectivity index (χ0) is 24.2.